The Kier molecular flexibility index (Phi) is 4.64. The molecule has 1 aromatic heterocycles. The third-order valence-corrected chi connectivity index (χ3v) is 5.33. The third-order valence-electron chi connectivity index (χ3n) is 5.33. The molecule has 1 saturated heterocycles. The molecule has 0 spiro atoms. The number of halogens is 3. The summed E-state index contributed by atoms with van der Waals surface area (Å²) in [4.78, 5) is 26.3. The van der Waals surface area contributed by atoms with Gasteiger partial charge in [-0.05, 0) is 25.0 Å². The maximum atomic E-state index is 13.1. The van der Waals surface area contributed by atoms with E-state index in [2.05, 4.69) is 10.4 Å². The molecule has 2 aromatic rings. The predicted molar refractivity (Wildman–Crippen MR) is 98.3 cm³/mol. The number of morpholine rings is 1. The molecule has 0 atom stereocenters. The molecule has 2 fully saturated rings. The molecule has 3 N–H and O–H groups in total. The Labute approximate surface area is 163 Å². The van der Waals surface area contributed by atoms with Crippen LogP contribution in [-0.4, -0.2) is 54.1 Å². The van der Waals surface area contributed by atoms with Crippen molar-refractivity contribution in [1.82, 2.24) is 9.78 Å². The van der Waals surface area contributed by atoms with E-state index >= 15 is 0 Å². The van der Waals surface area contributed by atoms with Crippen LogP contribution in [0.5, 0.6) is 0 Å². The van der Waals surface area contributed by atoms with Gasteiger partial charge in [-0.1, -0.05) is 6.07 Å². The van der Waals surface area contributed by atoms with Crippen LogP contribution in [0.1, 0.15) is 12.8 Å². The summed E-state index contributed by atoms with van der Waals surface area (Å²) in [5, 5.41) is 6.98. The van der Waals surface area contributed by atoms with Crippen LogP contribution in [0.2, 0.25) is 0 Å². The van der Waals surface area contributed by atoms with Gasteiger partial charge in [0.1, 0.15) is 12.0 Å². The summed E-state index contributed by atoms with van der Waals surface area (Å²) in [6.07, 6.45) is -3.86. The summed E-state index contributed by atoms with van der Waals surface area (Å²) in [6, 6.07) is 4.94. The number of hydrogen-bond acceptors (Lipinski definition) is 5. The minimum absolute atomic E-state index is 0.0103. The summed E-state index contributed by atoms with van der Waals surface area (Å²) in [6.45, 7) is 0.788. The number of primary amides is 1. The van der Waals surface area contributed by atoms with E-state index < -0.39 is 30.0 Å². The van der Waals surface area contributed by atoms with Crippen LogP contribution in [0.4, 0.5) is 24.7 Å². The normalized spacial score (nSPS) is 18.7. The summed E-state index contributed by atoms with van der Waals surface area (Å²) in [7, 11) is 0. The van der Waals surface area contributed by atoms with Crippen LogP contribution in [0.3, 0.4) is 0 Å². The second kappa shape index (κ2) is 6.90. The van der Waals surface area contributed by atoms with Gasteiger partial charge < -0.3 is 20.7 Å². The Morgan fingerprint density at radius 2 is 1.93 bits per heavy atom. The van der Waals surface area contributed by atoms with Crippen LogP contribution in [0.15, 0.2) is 18.2 Å². The molecular formula is C18H20F3N5O3. The third kappa shape index (κ3) is 3.61. The lowest BCUT2D eigenvalue weighted by molar-refractivity contribution is -0.141. The fourth-order valence-corrected chi connectivity index (χ4v) is 3.59. The lowest BCUT2D eigenvalue weighted by Gasteiger charge is -2.29. The molecule has 156 valence electrons. The maximum absolute atomic E-state index is 13.1. The van der Waals surface area contributed by atoms with E-state index in [1.54, 1.807) is 12.1 Å². The molecule has 2 heterocycles. The molecule has 1 aliphatic carbocycles. The number of benzene rings is 1. The first kappa shape index (κ1) is 19.5. The highest BCUT2D eigenvalue weighted by atomic mass is 19.4. The second-order valence-electron chi connectivity index (χ2n) is 7.29. The highest BCUT2D eigenvalue weighted by Gasteiger charge is 2.55. The minimum atomic E-state index is -4.49. The number of aromatic nitrogens is 2. The SMILES string of the molecule is NC(=O)C1(C(=O)Nc2nn(CC(F)(F)F)c3cccc(N4CCOCC4)c23)CC1. The number of rotatable bonds is 5. The van der Waals surface area contributed by atoms with E-state index in [1.807, 2.05) is 4.90 Å². The van der Waals surface area contributed by atoms with E-state index in [1.165, 1.54) is 6.07 Å². The molecule has 2 aliphatic rings. The van der Waals surface area contributed by atoms with Gasteiger partial charge in [0.15, 0.2) is 5.82 Å². The lowest BCUT2D eigenvalue weighted by Crippen LogP contribution is -2.37. The lowest BCUT2D eigenvalue weighted by atomic mass is 10.1. The summed E-state index contributed by atoms with van der Waals surface area (Å²) in [5.41, 5.74) is 4.92. The predicted octanol–water partition coefficient (Wildman–Crippen LogP) is 1.64. The van der Waals surface area contributed by atoms with E-state index in [-0.39, 0.29) is 11.3 Å². The van der Waals surface area contributed by atoms with Crippen molar-refractivity contribution in [3.63, 3.8) is 0 Å². The number of amides is 2. The Morgan fingerprint density at radius 1 is 1.24 bits per heavy atom. The van der Waals surface area contributed by atoms with Crippen LogP contribution >= 0.6 is 0 Å². The van der Waals surface area contributed by atoms with Crippen molar-refractivity contribution in [3.05, 3.63) is 18.2 Å². The molecule has 8 nitrogen and oxygen atoms in total. The van der Waals surface area contributed by atoms with Crippen molar-refractivity contribution in [3.8, 4) is 0 Å². The van der Waals surface area contributed by atoms with Gasteiger partial charge in [0.25, 0.3) is 0 Å². The van der Waals surface area contributed by atoms with Gasteiger partial charge in [0.05, 0.1) is 29.8 Å². The van der Waals surface area contributed by atoms with Crippen molar-refractivity contribution in [2.75, 3.05) is 36.5 Å². The maximum Gasteiger partial charge on any atom is 0.408 e. The Balaban J connectivity index is 1.79. The zero-order chi connectivity index (χ0) is 20.8. The van der Waals surface area contributed by atoms with E-state index in [4.69, 9.17) is 10.5 Å². The van der Waals surface area contributed by atoms with Gasteiger partial charge in [-0.3, -0.25) is 14.3 Å². The van der Waals surface area contributed by atoms with Crippen molar-refractivity contribution < 1.29 is 27.5 Å². The van der Waals surface area contributed by atoms with Crippen LogP contribution in [0, 0.1) is 5.41 Å². The van der Waals surface area contributed by atoms with Gasteiger partial charge in [-0.15, -0.1) is 0 Å². The summed E-state index contributed by atoms with van der Waals surface area (Å²) in [5.74, 6) is -1.40. The van der Waals surface area contributed by atoms with Crippen LogP contribution in [0.25, 0.3) is 10.9 Å². The summed E-state index contributed by atoms with van der Waals surface area (Å²) >= 11 is 0. The minimum Gasteiger partial charge on any atom is -0.378 e. The molecule has 1 aliphatic heterocycles. The van der Waals surface area contributed by atoms with Gasteiger partial charge in [-0.2, -0.15) is 18.3 Å². The highest BCUT2D eigenvalue weighted by Crippen LogP contribution is 2.46. The monoisotopic (exact) mass is 411 g/mol. The van der Waals surface area contributed by atoms with Crippen LogP contribution < -0.4 is 16.0 Å². The number of nitrogens with zero attached hydrogens (tertiary/aromatic N) is 3. The van der Waals surface area contributed by atoms with Crippen LogP contribution in [-0.2, 0) is 20.9 Å². The Hall–Kier alpha value is -2.82. The van der Waals surface area contributed by atoms with Crippen molar-refractivity contribution in [2.45, 2.75) is 25.6 Å². The Morgan fingerprint density at radius 3 is 2.52 bits per heavy atom. The number of alkyl halides is 3. The number of ether oxygens (including phenoxy) is 1. The fourth-order valence-electron chi connectivity index (χ4n) is 3.59. The average molecular weight is 411 g/mol. The zero-order valence-corrected chi connectivity index (χ0v) is 15.5. The van der Waals surface area contributed by atoms with E-state index in [0.29, 0.717) is 50.2 Å². The molecule has 1 saturated carbocycles. The van der Waals surface area contributed by atoms with Crippen molar-refractivity contribution in [2.24, 2.45) is 11.1 Å². The van der Waals surface area contributed by atoms with Gasteiger partial charge in [-0.25, -0.2) is 0 Å². The number of fused-ring (bicyclic) bond motifs is 1. The first-order valence-electron chi connectivity index (χ1n) is 9.22. The van der Waals surface area contributed by atoms with Gasteiger partial charge >= 0.3 is 6.18 Å². The number of carbonyl (C=O) groups excluding carboxylic acids is 2. The first-order valence-corrected chi connectivity index (χ1v) is 9.22. The number of hydrogen-bond donors (Lipinski definition) is 2. The quantitative estimate of drug-likeness (QED) is 0.729. The van der Waals surface area contributed by atoms with Gasteiger partial charge in [0, 0.05) is 13.1 Å². The molecule has 0 radical (unpaired) electrons. The molecule has 2 amide bonds. The summed E-state index contributed by atoms with van der Waals surface area (Å²) < 4.78 is 45.4. The second-order valence-corrected chi connectivity index (χ2v) is 7.29. The molecule has 11 heteroatoms. The molecule has 1 aromatic carbocycles. The standard InChI is InChI=1S/C18H20F3N5O3/c19-18(20,21)10-26-12-3-1-2-11(25-6-8-29-9-7-25)13(12)14(24-26)23-16(28)17(4-5-17)15(22)27/h1-3H,4-10H2,(H2,22,27)(H,23,24,28). The number of carbonyl (C=O) groups is 2. The van der Waals surface area contributed by atoms with E-state index in [9.17, 15) is 22.8 Å². The number of nitrogens with one attached hydrogen (secondary N) is 1. The topological polar surface area (TPSA) is 102 Å². The van der Waals surface area contributed by atoms with E-state index in [0.717, 1.165) is 4.68 Å². The smallest absolute Gasteiger partial charge is 0.378 e. The fraction of sp³-hybridized carbons (Fsp3) is 0.500. The van der Waals surface area contributed by atoms with Crippen molar-refractivity contribution >= 4 is 34.2 Å². The molecule has 0 unspecified atom stereocenters. The molecule has 0 bridgehead atoms. The molecule has 4 rings (SSSR count). The zero-order valence-electron chi connectivity index (χ0n) is 15.5. The number of nitrogens with two attached hydrogens (primary N) is 1. The largest absolute Gasteiger partial charge is 0.408 e. The van der Waals surface area contributed by atoms with Gasteiger partial charge in [0.2, 0.25) is 11.8 Å². The number of anilines is 2. The highest BCUT2D eigenvalue weighted by molar-refractivity contribution is 6.15. The average Bonchev–Trinajstić information content (AvgIpc) is 3.42. The molecular weight excluding hydrogens is 391 g/mol. The first-order chi connectivity index (χ1) is 13.7. The van der Waals surface area contributed by atoms with Crippen molar-refractivity contribution in [1.29, 1.82) is 0 Å². The Bertz CT molecular complexity index is 962. The molecule has 29 heavy (non-hydrogen) atoms.